The minimum atomic E-state index is 0.317. The summed E-state index contributed by atoms with van der Waals surface area (Å²) in [5, 5.41) is 2.08. The van der Waals surface area contributed by atoms with E-state index in [1.807, 2.05) is 0 Å². The number of rotatable bonds is 3. The van der Waals surface area contributed by atoms with E-state index >= 15 is 0 Å². The van der Waals surface area contributed by atoms with Gasteiger partial charge in [-0.3, -0.25) is 4.79 Å². The molecular formula is C15H21BrN2OS. The summed E-state index contributed by atoms with van der Waals surface area (Å²) in [6.07, 6.45) is 4.94. The number of hydrogen-bond acceptors (Lipinski definition) is 3. The molecule has 0 radical (unpaired) electrons. The highest BCUT2D eigenvalue weighted by Gasteiger charge is 2.38. The normalized spacial score (nSPS) is 29.5. The first-order chi connectivity index (χ1) is 9.61. The number of carbonyl (C=O) groups excluding carboxylic acids is 1. The van der Waals surface area contributed by atoms with E-state index in [0.717, 1.165) is 36.8 Å². The minimum absolute atomic E-state index is 0.317. The molecule has 5 heteroatoms. The van der Waals surface area contributed by atoms with Crippen molar-refractivity contribution in [2.45, 2.75) is 38.1 Å². The third-order valence-corrected chi connectivity index (χ3v) is 6.41. The van der Waals surface area contributed by atoms with Crippen molar-refractivity contribution in [3.8, 4) is 0 Å². The molecule has 1 aromatic heterocycles. The van der Waals surface area contributed by atoms with E-state index in [0.29, 0.717) is 30.2 Å². The quantitative estimate of drug-likeness (QED) is 0.904. The third-order valence-electron chi connectivity index (χ3n) is 4.65. The molecule has 2 aliphatic rings. The van der Waals surface area contributed by atoms with E-state index < -0.39 is 0 Å². The lowest BCUT2D eigenvalue weighted by Crippen LogP contribution is -2.32. The van der Waals surface area contributed by atoms with Crippen LogP contribution in [0, 0.1) is 11.8 Å². The first-order valence-corrected chi connectivity index (χ1v) is 9.05. The number of thiophene rings is 1. The van der Waals surface area contributed by atoms with Gasteiger partial charge in [0.25, 0.3) is 0 Å². The molecule has 0 aromatic carbocycles. The van der Waals surface area contributed by atoms with Gasteiger partial charge in [-0.15, -0.1) is 11.3 Å². The molecule has 110 valence electrons. The smallest absolute Gasteiger partial charge is 0.222 e. The molecule has 1 aromatic rings. The molecule has 3 nitrogen and oxygen atoms in total. The Balaban J connectivity index is 1.51. The van der Waals surface area contributed by atoms with E-state index in [1.54, 1.807) is 11.3 Å². The number of halogens is 1. The maximum atomic E-state index is 12.3. The van der Waals surface area contributed by atoms with Crippen molar-refractivity contribution >= 4 is 33.2 Å². The Labute approximate surface area is 132 Å². The van der Waals surface area contributed by atoms with Gasteiger partial charge in [-0.2, -0.15) is 0 Å². The van der Waals surface area contributed by atoms with Crippen LogP contribution in [-0.4, -0.2) is 29.9 Å². The highest BCUT2D eigenvalue weighted by molar-refractivity contribution is 9.10. The zero-order chi connectivity index (χ0) is 14.1. The third kappa shape index (κ3) is 3.26. The molecule has 0 spiro atoms. The van der Waals surface area contributed by atoms with Crippen LogP contribution in [0.3, 0.4) is 0 Å². The van der Waals surface area contributed by atoms with E-state index in [1.165, 1.54) is 11.3 Å². The van der Waals surface area contributed by atoms with Gasteiger partial charge in [-0.1, -0.05) is 0 Å². The van der Waals surface area contributed by atoms with Crippen LogP contribution in [0.15, 0.2) is 15.9 Å². The van der Waals surface area contributed by atoms with Crippen molar-refractivity contribution in [2.75, 3.05) is 13.1 Å². The van der Waals surface area contributed by atoms with Crippen molar-refractivity contribution in [1.82, 2.24) is 4.90 Å². The number of hydrogen-bond donors (Lipinski definition) is 1. The van der Waals surface area contributed by atoms with Crippen molar-refractivity contribution in [3.05, 3.63) is 20.8 Å². The van der Waals surface area contributed by atoms with Crippen LogP contribution in [-0.2, 0) is 11.2 Å². The summed E-state index contributed by atoms with van der Waals surface area (Å²) in [5.74, 6) is 1.67. The highest BCUT2D eigenvalue weighted by Crippen LogP contribution is 2.36. The summed E-state index contributed by atoms with van der Waals surface area (Å²) in [4.78, 5) is 15.7. The Bertz CT molecular complexity index is 490. The lowest BCUT2D eigenvalue weighted by Gasteiger charge is -2.27. The zero-order valence-corrected chi connectivity index (χ0v) is 14.0. The minimum Gasteiger partial charge on any atom is -0.342 e. The Morgan fingerprint density at radius 2 is 2.20 bits per heavy atom. The van der Waals surface area contributed by atoms with Crippen molar-refractivity contribution in [3.63, 3.8) is 0 Å². The van der Waals surface area contributed by atoms with Gasteiger partial charge in [0, 0.05) is 40.3 Å². The molecule has 20 heavy (non-hydrogen) atoms. The number of amides is 1. The van der Waals surface area contributed by atoms with Crippen LogP contribution < -0.4 is 5.73 Å². The fraction of sp³-hybridized carbons (Fsp3) is 0.667. The van der Waals surface area contributed by atoms with Crippen LogP contribution in [0.1, 0.15) is 30.6 Å². The van der Waals surface area contributed by atoms with Crippen molar-refractivity contribution < 1.29 is 4.79 Å². The van der Waals surface area contributed by atoms with Crippen LogP contribution in [0.25, 0.3) is 0 Å². The summed E-state index contributed by atoms with van der Waals surface area (Å²) < 4.78 is 1.12. The average molecular weight is 357 g/mol. The molecule has 3 unspecified atom stereocenters. The SMILES string of the molecule is NC1CCC2CN(C(=O)CCc3cc(Br)cs3)CC2C1. The largest absolute Gasteiger partial charge is 0.342 e. The maximum Gasteiger partial charge on any atom is 0.222 e. The summed E-state index contributed by atoms with van der Waals surface area (Å²) in [7, 11) is 0. The second kappa shape index (κ2) is 6.16. The van der Waals surface area contributed by atoms with Crippen LogP contribution in [0.2, 0.25) is 0 Å². The molecular weight excluding hydrogens is 336 g/mol. The molecule has 3 atom stereocenters. The van der Waals surface area contributed by atoms with Gasteiger partial charge in [0.1, 0.15) is 0 Å². The maximum absolute atomic E-state index is 12.3. The predicted molar refractivity (Wildman–Crippen MR) is 85.7 cm³/mol. The van der Waals surface area contributed by atoms with E-state index in [2.05, 4.69) is 32.3 Å². The number of fused-ring (bicyclic) bond motifs is 1. The van der Waals surface area contributed by atoms with Gasteiger partial charge in [0.05, 0.1) is 0 Å². The van der Waals surface area contributed by atoms with E-state index in [9.17, 15) is 4.79 Å². The van der Waals surface area contributed by atoms with Crippen molar-refractivity contribution in [2.24, 2.45) is 17.6 Å². The molecule has 2 fully saturated rings. The molecule has 1 amide bonds. The number of likely N-dealkylation sites (tertiary alicyclic amines) is 1. The molecule has 2 N–H and O–H groups in total. The lowest BCUT2D eigenvalue weighted by molar-refractivity contribution is -0.130. The molecule has 1 aliphatic heterocycles. The highest BCUT2D eigenvalue weighted by atomic mass is 79.9. The summed E-state index contributed by atoms with van der Waals surface area (Å²) in [5.41, 5.74) is 6.04. The fourth-order valence-corrected chi connectivity index (χ4v) is 5.00. The molecule has 0 bridgehead atoms. The topological polar surface area (TPSA) is 46.3 Å². The van der Waals surface area contributed by atoms with Crippen molar-refractivity contribution in [1.29, 1.82) is 0 Å². The van der Waals surface area contributed by atoms with Crippen LogP contribution in [0.5, 0.6) is 0 Å². The molecule has 3 rings (SSSR count). The number of nitrogens with two attached hydrogens (primary N) is 1. The Hall–Kier alpha value is -0.390. The molecule has 2 heterocycles. The van der Waals surface area contributed by atoms with Gasteiger partial charge >= 0.3 is 0 Å². The zero-order valence-electron chi connectivity index (χ0n) is 11.6. The summed E-state index contributed by atoms with van der Waals surface area (Å²) in [6, 6.07) is 2.47. The van der Waals surface area contributed by atoms with Gasteiger partial charge in [0.15, 0.2) is 0 Å². The second-order valence-electron chi connectivity index (χ2n) is 6.12. The fourth-order valence-electron chi connectivity index (χ4n) is 3.54. The van der Waals surface area contributed by atoms with Gasteiger partial charge in [-0.25, -0.2) is 0 Å². The molecule has 1 saturated carbocycles. The molecule has 1 saturated heterocycles. The summed E-state index contributed by atoms with van der Waals surface area (Å²) >= 11 is 5.18. The standard InChI is InChI=1S/C15H21BrN2OS/c16-12-6-14(20-9-12)3-4-15(19)18-7-10-1-2-13(17)5-11(10)8-18/h6,9-11,13H,1-5,7-8,17H2. The Kier molecular flexibility index (Phi) is 4.48. The van der Waals surface area contributed by atoms with Crippen LogP contribution >= 0.6 is 27.3 Å². The lowest BCUT2D eigenvalue weighted by atomic mass is 9.79. The van der Waals surface area contributed by atoms with E-state index in [-0.39, 0.29) is 0 Å². The second-order valence-corrected chi connectivity index (χ2v) is 8.03. The van der Waals surface area contributed by atoms with Gasteiger partial charge in [0.2, 0.25) is 5.91 Å². The Morgan fingerprint density at radius 3 is 2.95 bits per heavy atom. The number of nitrogens with zero attached hydrogens (tertiary/aromatic N) is 1. The van der Waals surface area contributed by atoms with Gasteiger partial charge < -0.3 is 10.6 Å². The molecule has 1 aliphatic carbocycles. The number of aryl methyl sites for hydroxylation is 1. The summed E-state index contributed by atoms with van der Waals surface area (Å²) in [6.45, 7) is 1.90. The number of carbonyl (C=O) groups is 1. The van der Waals surface area contributed by atoms with E-state index in [4.69, 9.17) is 5.73 Å². The monoisotopic (exact) mass is 356 g/mol. The first kappa shape index (κ1) is 14.5. The van der Waals surface area contributed by atoms with Crippen LogP contribution in [0.4, 0.5) is 0 Å². The first-order valence-electron chi connectivity index (χ1n) is 7.38. The average Bonchev–Trinajstić information content (AvgIpc) is 3.01. The predicted octanol–water partition coefficient (Wildman–Crippen LogP) is 3.03. The Morgan fingerprint density at radius 1 is 1.40 bits per heavy atom. The van der Waals surface area contributed by atoms with Gasteiger partial charge in [-0.05, 0) is 59.5 Å².